The number of pyridine rings is 1. The number of hydrogen-bond donors (Lipinski definition) is 2. The SMILES string of the molecule is CCCNC(c1cc(Cl)cnc1N)C(C)OCC. The van der Waals surface area contributed by atoms with Crippen LogP contribution in [-0.2, 0) is 4.74 Å². The van der Waals surface area contributed by atoms with Crippen molar-refractivity contribution in [1.82, 2.24) is 10.3 Å². The molecule has 0 amide bonds. The molecule has 102 valence electrons. The van der Waals surface area contributed by atoms with Crippen molar-refractivity contribution in [2.75, 3.05) is 18.9 Å². The fourth-order valence-electron chi connectivity index (χ4n) is 1.90. The van der Waals surface area contributed by atoms with Crippen LogP contribution < -0.4 is 11.1 Å². The molecule has 0 aliphatic heterocycles. The Balaban J connectivity index is 2.96. The van der Waals surface area contributed by atoms with Crippen molar-refractivity contribution >= 4 is 17.4 Å². The van der Waals surface area contributed by atoms with E-state index in [0.717, 1.165) is 18.5 Å². The molecule has 2 unspecified atom stereocenters. The zero-order chi connectivity index (χ0) is 13.5. The zero-order valence-electron chi connectivity index (χ0n) is 11.2. The summed E-state index contributed by atoms with van der Waals surface area (Å²) >= 11 is 5.99. The third kappa shape index (κ3) is 4.12. The van der Waals surface area contributed by atoms with E-state index in [4.69, 9.17) is 22.1 Å². The maximum Gasteiger partial charge on any atom is 0.128 e. The van der Waals surface area contributed by atoms with E-state index in [1.807, 2.05) is 19.9 Å². The molecule has 1 aromatic rings. The summed E-state index contributed by atoms with van der Waals surface area (Å²) in [6.45, 7) is 7.69. The quantitative estimate of drug-likeness (QED) is 0.801. The van der Waals surface area contributed by atoms with E-state index in [0.29, 0.717) is 17.4 Å². The van der Waals surface area contributed by atoms with Crippen molar-refractivity contribution in [3.05, 3.63) is 22.8 Å². The van der Waals surface area contributed by atoms with Gasteiger partial charge in [0.25, 0.3) is 0 Å². The second-order valence-corrected chi connectivity index (χ2v) is 4.66. The van der Waals surface area contributed by atoms with Crippen LogP contribution in [0.15, 0.2) is 12.3 Å². The van der Waals surface area contributed by atoms with E-state index >= 15 is 0 Å². The van der Waals surface area contributed by atoms with Gasteiger partial charge in [-0.2, -0.15) is 0 Å². The van der Waals surface area contributed by atoms with Crippen molar-refractivity contribution in [3.63, 3.8) is 0 Å². The molecule has 0 aliphatic rings. The highest BCUT2D eigenvalue weighted by molar-refractivity contribution is 6.30. The molecule has 0 spiro atoms. The van der Waals surface area contributed by atoms with Crippen LogP contribution in [0.3, 0.4) is 0 Å². The molecule has 0 aromatic carbocycles. The fourth-order valence-corrected chi connectivity index (χ4v) is 2.07. The van der Waals surface area contributed by atoms with Crippen molar-refractivity contribution in [2.24, 2.45) is 0 Å². The van der Waals surface area contributed by atoms with Gasteiger partial charge in [0.2, 0.25) is 0 Å². The number of nitrogens with one attached hydrogen (secondary N) is 1. The number of aromatic nitrogens is 1. The molecule has 3 N–H and O–H groups in total. The number of nitrogen functional groups attached to an aromatic ring is 1. The monoisotopic (exact) mass is 271 g/mol. The fraction of sp³-hybridized carbons (Fsp3) is 0.615. The number of halogens is 1. The van der Waals surface area contributed by atoms with Gasteiger partial charge in [0.1, 0.15) is 5.82 Å². The van der Waals surface area contributed by atoms with Gasteiger partial charge in [-0.25, -0.2) is 4.98 Å². The Morgan fingerprint density at radius 1 is 1.50 bits per heavy atom. The van der Waals surface area contributed by atoms with Crippen LogP contribution in [0, 0.1) is 0 Å². The van der Waals surface area contributed by atoms with E-state index < -0.39 is 0 Å². The Morgan fingerprint density at radius 2 is 2.22 bits per heavy atom. The minimum Gasteiger partial charge on any atom is -0.383 e. The Hall–Kier alpha value is -0.840. The molecule has 1 heterocycles. The Labute approximate surface area is 114 Å². The summed E-state index contributed by atoms with van der Waals surface area (Å²) in [5.74, 6) is 0.500. The molecule has 1 aromatic heterocycles. The smallest absolute Gasteiger partial charge is 0.128 e. The van der Waals surface area contributed by atoms with E-state index in [1.165, 1.54) is 0 Å². The summed E-state index contributed by atoms with van der Waals surface area (Å²) in [7, 11) is 0. The van der Waals surface area contributed by atoms with Gasteiger partial charge in [-0.3, -0.25) is 0 Å². The number of rotatable bonds is 7. The summed E-state index contributed by atoms with van der Waals surface area (Å²) in [4.78, 5) is 4.10. The summed E-state index contributed by atoms with van der Waals surface area (Å²) < 4.78 is 5.66. The lowest BCUT2D eigenvalue weighted by atomic mass is 10.0. The third-order valence-corrected chi connectivity index (χ3v) is 2.97. The number of anilines is 1. The number of hydrogen-bond acceptors (Lipinski definition) is 4. The second kappa shape index (κ2) is 7.56. The van der Waals surface area contributed by atoms with E-state index in [2.05, 4.69) is 17.2 Å². The van der Waals surface area contributed by atoms with Crippen LogP contribution in [0.1, 0.15) is 38.8 Å². The standard InChI is InChI=1S/C13H22ClN3O/c1-4-6-16-12(9(3)18-5-2)11-7-10(14)8-17-13(11)15/h7-9,12,16H,4-6H2,1-3H3,(H2,15,17). The van der Waals surface area contributed by atoms with E-state index in [1.54, 1.807) is 6.20 Å². The molecule has 4 nitrogen and oxygen atoms in total. The number of nitrogens with two attached hydrogens (primary N) is 1. The first-order valence-electron chi connectivity index (χ1n) is 6.36. The van der Waals surface area contributed by atoms with Gasteiger partial charge < -0.3 is 15.8 Å². The van der Waals surface area contributed by atoms with Crippen LogP contribution in [0.4, 0.5) is 5.82 Å². The van der Waals surface area contributed by atoms with Crippen LogP contribution >= 0.6 is 11.6 Å². The highest BCUT2D eigenvalue weighted by atomic mass is 35.5. The van der Waals surface area contributed by atoms with Gasteiger partial charge in [-0.15, -0.1) is 0 Å². The molecular formula is C13H22ClN3O. The molecule has 2 atom stereocenters. The lowest BCUT2D eigenvalue weighted by Gasteiger charge is -2.26. The molecule has 0 bridgehead atoms. The van der Waals surface area contributed by atoms with Gasteiger partial charge in [-0.1, -0.05) is 18.5 Å². The molecule has 18 heavy (non-hydrogen) atoms. The third-order valence-electron chi connectivity index (χ3n) is 2.76. The lowest BCUT2D eigenvalue weighted by Crippen LogP contribution is -2.33. The highest BCUT2D eigenvalue weighted by Crippen LogP contribution is 2.26. The second-order valence-electron chi connectivity index (χ2n) is 4.22. The summed E-state index contributed by atoms with van der Waals surface area (Å²) in [5, 5.41) is 4.02. The number of ether oxygens (including phenoxy) is 1. The highest BCUT2D eigenvalue weighted by Gasteiger charge is 2.22. The Kier molecular flexibility index (Phi) is 6.39. The summed E-state index contributed by atoms with van der Waals surface area (Å²) in [5.41, 5.74) is 6.83. The van der Waals surface area contributed by atoms with E-state index in [9.17, 15) is 0 Å². The molecule has 1 rings (SSSR count). The van der Waals surface area contributed by atoms with Crippen LogP contribution in [0.2, 0.25) is 5.02 Å². The average Bonchev–Trinajstić information content (AvgIpc) is 2.34. The molecule has 0 saturated carbocycles. The van der Waals surface area contributed by atoms with Crippen molar-refractivity contribution in [3.8, 4) is 0 Å². The topological polar surface area (TPSA) is 60.2 Å². The van der Waals surface area contributed by atoms with Gasteiger partial charge >= 0.3 is 0 Å². The largest absolute Gasteiger partial charge is 0.383 e. The van der Waals surface area contributed by atoms with Crippen molar-refractivity contribution in [2.45, 2.75) is 39.3 Å². The van der Waals surface area contributed by atoms with Crippen LogP contribution in [0.5, 0.6) is 0 Å². The Bertz CT molecular complexity index is 373. The first kappa shape index (κ1) is 15.2. The first-order valence-corrected chi connectivity index (χ1v) is 6.73. The Morgan fingerprint density at radius 3 is 2.83 bits per heavy atom. The molecular weight excluding hydrogens is 250 g/mol. The zero-order valence-corrected chi connectivity index (χ0v) is 12.0. The molecule has 0 radical (unpaired) electrons. The minimum atomic E-state index is 0.0103. The maximum atomic E-state index is 5.99. The minimum absolute atomic E-state index is 0.0103. The van der Waals surface area contributed by atoms with Crippen LogP contribution in [0.25, 0.3) is 0 Å². The van der Waals surface area contributed by atoms with Crippen molar-refractivity contribution < 1.29 is 4.74 Å². The summed E-state index contributed by atoms with van der Waals surface area (Å²) in [6, 6.07) is 1.86. The normalized spacial score (nSPS) is 14.4. The van der Waals surface area contributed by atoms with Crippen LogP contribution in [-0.4, -0.2) is 24.2 Å². The van der Waals surface area contributed by atoms with Gasteiger partial charge in [-0.05, 0) is 32.9 Å². The van der Waals surface area contributed by atoms with E-state index in [-0.39, 0.29) is 12.1 Å². The molecule has 0 saturated heterocycles. The predicted molar refractivity (Wildman–Crippen MR) is 75.8 cm³/mol. The van der Waals surface area contributed by atoms with Crippen molar-refractivity contribution in [1.29, 1.82) is 0 Å². The summed E-state index contributed by atoms with van der Waals surface area (Å²) in [6.07, 6.45) is 2.62. The maximum absolute atomic E-state index is 5.99. The predicted octanol–water partition coefficient (Wildman–Crippen LogP) is 2.78. The van der Waals surface area contributed by atoms with Gasteiger partial charge in [0.15, 0.2) is 0 Å². The molecule has 0 aliphatic carbocycles. The lowest BCUT2D eigenvalue weighted by molar-refractivity contribution is 0.0474. The number of nitrogens with zero attached hydrogens (tertiary/aromatic N) is 1. The molecule has 0 fully saturated rings. The van der Waals surface area contributed by atoms with Gasteiger partial charge in [0, 0.05) is 18.4 Å². The first-order chi connectivity index (χ1) is 8.60. The average molecular weight is 272 g/mol. The molecule has 5 heteroatoms. The van der Waals surface area contributed by atoms with Gasteiger partial charge in [0.05, 0.1) is 17.2 Å².